The summed E-state index contributed by atoms with van der Waals surface area (Å²) in [6.07, 6.45) is 7.02. The maximum Gasteiger partial charge on any atom is 0.269 e. The molecule has 8 nitrogen and oxygen atoms in total. The van der Waals surface area contributed by atoms with E-state index in [0.29, 0.717) is 0 Å². The number of hydrogen-bond acceptors (Lipinski definition) is 6. The van der Waals surface area contributed by atoms with Crippen molar-refractivity contribution in [3.63, 3.8) is 0 Å². The molecule has 540 valence electrons. The molecule has 0 atom stereocenters. The average Bonchev–Trinajstić information content (AvgIpc) is 0.788. The summed E-state index contributed by atoms with van der Waals surface area (Å²) in [6, 6.07) is 150. The third-order valence-electron chi connectivity index (χ3n) is 16.1. The fourth-order valence-corrected chi connectivity index (χ4v) is 20.5. The van der Waals surface area contributed by atoms with Gasteiger partial charge >= 0.3 is 0 Å². The number of hydrogen-bond donors (Lipinski definition) is 0. The average molecular weight is 1650 g/mol. The van der Waals surface area contributed by atoms with Crippen LogP contribution in [0.2, 0.25) is 0 Å². The second-order valence-corrected chi connectivity index (χ2v) is 33.5. The molecule has 0 aliphatic rings. The number of aryl methyl sites for hydroxylation is 1. The van der Waals surface area contributed by atoms with Gasteiger partial charge in [-0.05, 0) is 155 Å². The van der Waals surface area contributed by atoms with Crippen molar-refractivity contribution in [1.82, 2.24) is 9.97 Å². The van der Waals surface area contributed by atoms with Gasteiger partial charge in [0.1, 0.15) is 0 Å². The summed E-state index contributed by atoms with van der Waals surface area (Å²) in [5.74, 6) is 0. The summed E-state index contributed by atoms with van der Waals surface area (Å²) in [7, 11) is -1.78. The molecule has 0 aliphatic carbocycles. The number of nitrogens with zero attached hydrogens (tertiary/aromatic N) is 4. The second kappa shape index (κ2) is 46.3. The number of pyridine rings is 2. The number of benzene rings is 14. The van der Waals surface area contributed by atoms with Gasteiger partial charge in [0.05, 0.1) is 9.85 Å². The molecule has 14 heteroatoms. The summed E-state index contributed by atoms with van der Waals surface area (Å²) in [4.78, 5) is 27.6. The molecule has 0 saturated carbocycles. The van der Waals surface area contributed by atoms with Crippen LogP contribution >= 0.6 is 47.6 Å². The summed E-state index contributed by atoms with van der Waals surface area (Å²) < 4.78 is 0.845. The monoisotopic (exact) mass is 1650 g/mol. The minimum atomic E-state index is -0.446. The predicted octanol–water partition coefficient (Wildman–Crippen LogP) is 20.2. The van der Waals surface area contributed by atoms with Gasteiger partial charge in [0.2, 0.25) is 0 Å². The number of halogens is 1. The van der Waals surface area contributed by atoms with Crippen molar-refractivity contribution in [2.75, 3.05) is 0 Å². The summed E-state index contributed by atoms with van der Waals surface area (Å²) >= 11 is 3.17. The molecule has 109 heavy (non-hydrogen) atoms. The Morgan fingerprint density at radius 3 is 0.587 bits per heavy atom. The second-order valence-electron chi connectivity index (χ2n) is 23.7. The van der Waals surface area contributed by atoms with Crippen molar-refractivity contribution >= 4 is 123 Å². The van der Waals surface area contributed by atoms with E-state index in [1.807, 2.05) is 37.4 Å². The molecule has 16 aromatic rings. The van der Waals surface area contributed by atoms with Crippen molar-refractivity contribution < 1.29 is 30.3 Å². The fraction of sp³-hybridized carbons (Fsp3) is 0.0105. The molecule has 0 fully saturated rings. The molecule has 0 saturated heterocycles. The molecule has 0 unspecified atom stereocenters. The van der Waals surface area contributed by atoms with E-state index in [9.17, 15) is 20.2 Å². The van der Waals surface area contributed by atoms with E-state index < -0.39 is 41.5 Å². The van der Waals surface area contributed by atoms with Gasteiger partial charge in [-0.3, -0.25) is 30.2 Å². The van der Waals surface area contributed by atoms with Crippen molar-refractivity contribution in [2.45, 2.75) is 6.92 Å². The van der Waals surface area contributed by atoms with Crippen LogP contribution in [0.5, 0.6) is 0 Å². The molecular formula is C95H79BrN4O4P4Pd. The Balaban J connectivity index is 0.000000149. The largest absolute Gasteiger partial charge is 0.269 e. The van der Waals surface area contributed by atoms with Crippen molar-refractivity contribution in [2.24, 2.45) is 0 Å². The Kier molecular flexibility index (Phi) is 34.9. The first-order valence-corrected chi connectivity index (χ1v) is 41.1. The van der Waals surface area contributed by atoms with Gasteiger partial charge in [-0.15, -0.1) is 0 Å². The van der Waals surface area contributed by atoms with Gasteiger partial charge in [0.25, 0.3) is 11.4 Å². The molecule has 0 radical (unpaired) electrons. The van der Waals surface area contributed by atoms with Crippen LogP contribution < -0.4 is 63.7 Å². The molecular weight excluding hydrogens is 1570 g/mol. The maximum atomic E-state index is 10.4. The van der Waals surface area contributed by atoms with Crippen molar-refractivity contribution in [3.05, 3.63) is 492 Å². The van der Waals surface area contributed by atoms with Crippen LogP contribution in [0.15, 0.2) is 466 Å². The van der Waals surface area contributed by atoms with Gasteiger partial charge in [-0.25, -0.2) is 0 Å². The predicted molar refractivity (Wildman–Crippen MR) is 467 cm³/mol. The van der Waals surface area contributed by atoms with Crippen molar-refractivity contribution in [3.8, 4) is 11.1 Å². The molecule has 0 spiro atoms. The van der Waals surface area contributed by atoms with Crippen LogP contribution in [0.1, 0.15) is 5.56 Å². The van der Waals surface area contributed by atoms with E-state index in [-0.39, 0.29) is 31.8 Å². The quantitative estimate of drug-likeness (QED) is 0.0437. The van der Waals surface area contributed by atoms with Crippen molar-refractivity contribution in [1.29, 1.82) is 0 Å². The first-order valence-electron chi connectivity index (χ1n) is 34.9. The van der Waals surface area contributed by atoms with Gasteiger partial charge in [0, 0.05) is 73.9 Å². The first kappa shape index (κ1) is 82.1. The Morgan fingerprint density at radius 1 is 0.239 bits per heavy atom. The fourth-order valence-electron chi connectivity index (χ4n) is 11.0. The zero-order valence-electron chi connectivity index (χ0n) is 59.8. The van der Waals surface area contributed by atoms with Gasteiger partial charge in [-0.1, -0.05) is 392 Å². The summed E-state index contributed by atoms with van der Waals surface area (Å²) in [5, 5.41) is 37.3. The van der Waals surface area contributed by atoms with Crippen LogP contribution in [-0.2, 0) is 20.4 Å². The zero-order chi connectivity index (χ0) is 75.0. The minimum Gasteiger partial charge on any atom is -0.264 e. The molecule has 14 aromatic carbocycles. The number of nitro groups is 2. The molecule has 0 N–H and O–H groups in total. The third kappa shape index (κ3) is 26.7. The smallest absolute Gasteiger partial charge is 0.264 e. The Bertz CT molecular complexity index is 4290. The van der Waals surface area contributed by atoms with Crippen LogP contribution in [-0.4, -0.2) is 19.8 Å². The van der Waals surface area contributed by atoms with E-state index in [2.05, 4.69) is 390 Å². The van der Waals surface area contributed by atoms with Crippen LogP contribution in [0, 0.1) is 27.2 Å². The van der Waals surface area contributed by atoms with Crippen LogP contribution in [0.4, 0.5) is 11.4 Å². The van der Waals surface area contributed by atoms with E-state index in [1.165, 1.54) is 93.5 Å². The SMILES string of the molecule is Cc1cccnc1.O=[N+]([O-])c1ccc(-c2cccnc2)cc1.O=[N+]([O-])c1ccc(Br)cc1.[Pd].c1ccc(P(c2ccccc2)c2ccccc2)cc1.c1ccc(P(c2ccccc2)c2ccccc2)cc1.c1ccc(P(c2ccccc2)c2ccccc2)cc1.c1ccc(P(c2ccccc2)c2ccccc2)cc1. The maximum absolute atomic E-state index is 10.4. The normalized spacial score (nSPS) is 10.1. The summed E-state index contributed by atoms with van der Waals surface area (Å²) in [6.45, 7) is 2.02. The first-order chi connectivity index (χ1) is 53.2. The standard InChI is InChI=1S/4C18H15P.C11H8N2O2.C6H4BrNO2.C6H7N.Pd/c4*1-4-10-16(11-5-1)19(17-12-6-2-7-13-17)18-14-8-3-9-15-18;14-13(15)11-5-3-9(4-6-11)10-2-1-7-12-8-10;7-5-1-3-6(4-2-5)8(9)10;1-6-3-2-4-7-5-6;/h4*1-15H;1-8H;1-4H;2-5H,1H3;. The van der Waals surface area contributed by atoms with Gasteiger partial charge in [-0.2, -0.15) is 0 Å². The van der Waals surface area contributed by atoms with E-state index in [4.69, 9.17) is 0 Å². The Labute approximate surface area is 667 Å². The zero-order valence-corrected chi connectivity index (χ0v) is 66.5. The minimum absolute atomic E-state index is 0. The number of rotatable bonds is 15. The Morgan fingerprint density at radius 2 is 0.431 bits per heavy atom. The topological polar surface area (TPSA) is 112 Å². The summed E-state index contributed by atoms with van der Waals surface area (Å²) in [5.41, 5.74) is 3.30. The molecule has 2 heterocycles. The molecule has 0 aliphatic heterocycles. The van der Waals surface area contributed by atoms with E-state index in [1.54, 1.807) is 42.9 Å². The number of non-ortho nitro benzene ring substituents is 2. The molecule has 16 rings (SSSR count). The van der Waals surface area contributed by atoms with E-state index >= 15 is 0 Å². The third-order valence-corrected chi connectivity index (χ3v) is 26.4. The van der Waals surface area contributed by atoms with E-state index in [0.717, 1.165) is 15.6 Å². The van der Waals surface area contributed by atoms with Crippen LogP contribution in [0.25, 0.3) is 11.1 Å². The number of aromatic nitrogens is 2. The number of nitro benzene ring substituents is 2. The van der Waals surface area contributed by atoms with Gasteiger partial charge in [0.15, 0.2) is 0 Å². The molecule has 0 bridgehead atoms. The van der Waals surface area contributed by atoms with Crippen LogP contribution in [0.3, 0.4) is 0 Å². The molecule has 2 aromatic heterocycles. The van der Waals surface area contributed by atoms with Gasteiger partial charge < -0.3 is 0 Å². The molecule has 0 amide bonds. The Hall–Kier alpha value is -11.0.